The van der Waals surface area contributed by atoms with Crippen LogP contribution in [0.25, 0.3) is 11.1 Å². The van der Waals surface area contributed by atoms with E-state index in [0.717, 1.165) is 18.4 Å². The molecule has 3 rings (SSSR count). The number of rotatable bonds is 9. The summed E-state index contributed by atoms with van der Waals surface area (Å²) < 4.78 is 48.0. The number of halogens is 3. The molecule has 0 bridgehead atoms. The molecule has 0 aliphatic rings. The predicted octanol–water partition coefficient (Wildman–Crippen LogP) is 7.57. The largest absolute Gasteiger partial charge is 0.494 e. The van der Waals surface area contributed by atoms with Gasteiger partial charge in [0, 0.05) is 0 Å². The van der Waals surface area contributed by atoms with Gasteiger partial charge in [0.2, 0.25) is 0 Å². The number of hydrogen-bond acceptors (Lipinski definition) is 1. The number of benzene rings is 3. The molecule has 0 atom stereocenters. The summed E-state index contributed by atoms with van der Waals surface area (Å²) in [4.78, 5) is 0. The second-order valence-corrected chi connectivity index (χ2v) is 7.32. The van der Waals surface area contributed by atoms with Crippen molar-refractivity contribution in [3.63, 3.8) is 0 Å². The van der Waals surface area contributed by atoms with Crippen LogP contribution in [0.2, 0.25) is 0 Å². The molecule has 0 amide bonds. The normalized spacial score (nSPS) is 11.1. The Balaban J connectivity index is 1.82. The van der Waals surface area contributed by atoms with E-state index < -0.39 is 17.8 Å². The monoisotopic (exact) mass is 412 g/mol. The van der Waals surface area contributed by atoms with E-state index in [0.29, 0.717) is 36.3 Å². The van der Waals surface area contributed by atoms with Gasteiger partial charge in [0.25, 0.3) is 6.43 Å². The van der Waals surface area contributed by atoms with Crippen molar-refractivity contribution in [3.05, 3.63) is 88.7 Å². The Morgan fingerprint density at radius 1 is 0.767 bits per heavy atom. The standard InChI is InChI=1S/C26H27F3O/c1-3-5-18-6-8-19(9-7-18)10-11-21-14-17-23(24(25(21)27)26(28)29)20-12-15-22(16-13-20)30-4-2/h6-9,12-17,26H,3-5,10-11H2,1-2H3. The van der Waals surface area contributed by atoms with E-state index in [-0.39, 0.29) is 5.56 Å². The minimum atomic E-state index is -2.89. The van der Waals surface area contributed by atoms with Crippen LogP contribution >= 0.6 is 0 Å². The zero-order valence-electron chi connectivity index (χ0n) is 17.4. The van der Waals surface area contributed by atoms with Crippen LogP contribution < -0.4 is 4.74 Å². The van der Waals surface area contributed by atoms with Crippen molar-refractivity contribution in [2.45, 2.75) is 46.0 Å². The molecule has 0 radical (unpaired) electrons. The predicted molar refractivity (Wildman–Crippen MR) is 116 cm³/mol. The summed E-state index contributed by atoms with van der Waals surface area (Å²) in [5.74, 6) is -0.152. The fourth-order valence-electron chi connectivity index (χ4n) is 3.63. The molecule has 4 heteroatoms. The van der Waals surface area contributed by atoms with Crippen LogP contribution in [-0.4, -0.2) is 6.61 Å². The van der Waals surface area contributed by atoms with Gasteiger partial charge in [-0.25, -0.2) is 13.2 Å². The summed E-state index contributed by atoms with van der Waals surface area (Å²) in [5.41, 5.74) is 2.90. The average molecular weight is 412 g/mol. The van der Waals surface area contributed by atoms with Crippen LogP contribution in [0, 0.1) is 5.82 Å². The van der Waals surface area contributed by atoms with Crippen molar-refractivity contribution in [1.82, 2.24) is 0 Å². The second-order valence-electron chi connectivity index (χ2n) is 7.32. The molecule has 0 heterocycles. The number of alkyl halides is 2. The van der Waals surface area contributed by atoms with E-state index in [1.165, 1.54) is 5.56 Å². The highest BCUT2D eigenvalue weighted by Gasteiger charge is 2.22. The van der Waals surface area contributed by atoms with Crippen LogP contribution in [-0.2, 0) is 19.3 Å². The van der Waals surface area contributed by atoms with Gasteiger partial charge in [0.1, 0.15) is 11.6 Å². The first-order valence-electron chi connectivity index (χ1n) is 10.4. The zero-order valence-corrected chi connectivity index (χ0v) is 17.4. The van der Waals surface area contributed by atoms with Gasteiger partial charge in [-0.3, -0.25) is 0 Å². The third kappa shape index (κ3) is 5.24. The highest BCUT2D eigenvalue weighted by molar-refractivity contribution is 5.69. The quantitative estimate of drug-likeness (QED) is 0.352. The Hall–Kier alpha value is -2.75. The lowest BCUT2D eigenvalue weighted by atomic mass is 9.94. The lowest BCUT2D eigenvalue weighted by Gasteiger charge is -2.14. The van der Waals surface area contributed by atoms with Crippen molar-refractivity contribution in [2.75, 3.05) is 6.61 Å². The SMILES string of the molecule is CCCc1ccc(CCc2ccc(-c3ccc(OCC)cc3)c(C(F)F)c2F)cc1. The average Bonchev–Trinajstić information content (AvgIpc) is 2.74. The Kier molecular flexibility index (Phi) is 7.56. The fraction of sp³-hybridized carbons (Fsp3) is 0.308. The first-order valence-corrected chi connectivity index (χ1v) is 10.4. The molecule has 0 spiro atoms. The third-order valence-corrected chi connectivity index (χ3v) is 5.20. The molecule has 0 fully saturated rings. The topological polar surface area (TPSA) is 9.23 Å². The van der Waals surface area contributed by atoms with Gasteiger partial charge in [-0.15, -0.1) is 0 Å². The fourth-order valence-corrected chi connectivity index (χ4v) is 3.63. The summed E-state index contributed by atoms with van der Waals surface area (Å²) in [7, 11) is 0. The van der Waals surface area contributed by atoms with Crippen molar-refractivity contribution < 1.29 is 17.9 Å². The van der Waals surface area contributed by atoms with Gasteiger partial charge < -0.3 is 4.74 Å². The summed E-state index contributed by atoms with van der Waals surface area (Å²) in [6.07, 6.45) is 0.206. The van der Waals surface area contributed by atoms with E-state index in [1.54, 1.807) is 36.4 Å². The van der Waals surface area contributed by atoms with Gasteiger partial charge >= 0.3 is 0 Å². The molecule has 0 saturated heterocycles. The molecule has 0 saturated carbocycles. The summed E-state index contributed by atoms with van der Waals surface area (Å²) in [6.45, 7) is 4.52. The van der Waals surface area contributed by atoms with Crippen LogP contribution in [0.1, 0.15) is 48.9 Å². The molecule has 1 nitrogen and oxygen atoms in total. The van der Waals surface area contributed by atoms with Crippen molar-refractivity contribution in [1.29, 1.82) is 0 Å². The van der Waals surface area contributed by atoms with E-state index in [4.69, 9.17) is 4.74 Å². The minimum absolute atomic E-state index is 0.221. The Labute approximate surface area is 176 Å². The van der Waals surface area contributed by atoms with Crippen molar-refractivity contribution in [2.24, 2.45) is 0 Å². The van der Waals surface area contributed by atoms with Gasteiger partial charge in [-0.1, -0.05) is 61.9 Å². The molecule has 3 aromatic rings. The van der Waals surface area contributed by atoms with Crippen molar-refractivity contribution in [3.8, 4) is 16.9 Å². The van der Waals surface area contributed by atoms with Crippen LogP contribution in [0.5, 0.6) is 5.75 Å². The molecular weight excluding hydrogens is 385 g/mol. The smallest absolute Gasteiger partial charge is 0.267 e. The molecule has 0 aromatic heterocycles. The third-order valence-electron chi connectivity index (χ3n) is 5.20. The Bertz CT molecular complexity index is 947. The number of hydrogen-bond donors (Lipinski definition) is 0. The maximum Gasteiger partial charge on any atom is 0.267 e. The van der Waals surface area contributed by atoms with E-state index >= 15 is 4.39 Å². The molecule has 0 unspecified atom stereocenters. The molecule has 3 aromatic carbocycles. The summed E-state index contributed by atoms with van der Waals surface area (Å²) in [5, 5.41) is 0. The number of aryl methyl sites for hydroxylation is 3. The van der Waals surface area contributed by atoms with Gasteiger partial charge in [-0.05, 0) is 66.1 Å². The van der Waals surface area contributed by atoms with Crippen molar-refractivity contribution >= 4 is 0 Å². The maximum absolute atomic E-state index is 15.0. The molecule has 158 valence electrons. The molecular formula is C26H27F3O. The first-order chi connectivity index (χ1) is 14.5. The van der Waals surface area contributed by atoms with Crippen LogP contribution in [0.15, 0.2) is 60.7 Å². The van der Waals surface area contributed by atoms with Crippen LogP contribution in [0.4, 0.5) is 13.2 Å². The number of ether oxygens (including phenoxy) is 1. The lowest BCUT2D eigenvalue weighted by molar-refractivity contribution is 0.147. The molecule has 0 N–H and O–H groups in total. The highest BCUT2D eigenvalue weighted by atomic mass is 19.3. The van der Waals surface area contributed by atoms with E-state index in [1.807, 2.05) is 19.1 Å². The maximum atomic E-state index is 15.0. The first kappa shape index (κ1) is 21.9. The second kappa shape index (κ2) is 10.3. The Morgan fingerprint density at radius 3 is 1.97 bits per heavy atom. The van der Waals surface area contributed by atoms with E-state index in [2.05, 4.69) is 19.1 Å². The minimum Gasteiger partial charge on any atom is -0.494 e. The molecule has 30 heavy (non-hydrogen) atoms. The van der Waals surface area contributed by atoms with Gasteiger partial charge in [-0.2, -0.15) is 0 Å². The van der Waals surface area contributed by atoms with Crippen LogP contribution in [0.3, 0.4) is 0 Å². The van der Waals surface area contributed by atoms with Gasteiger partial charge in [0.15, 0.2) is 0 Å². The summed E-state index contributed by atoms with van der Waals surface area (Å²) >= 11 is 0. The van der Waals surface area contributed by atoms with E-state index in [9.17, 15) is 8.78 Å². The highest BCUT2D eigenvalue weighted by Crippen LogP contribution is 2.35. The molecule has 0 aliphatic heterocycles. The Morgan fingerprint density at radius 2 is 1.40 bits per heavy atom. The summed E-state index contributed by atoms with van der Waals surface area (Å²) in [6, 6.07) is 18.2. The zero-order chi connectivity index (χ0) is 21.5. The molecule has 0 aliphatic carbocycles. The van der Waals surface area contributed by atoms with Gasteiger partial charge in [0.05, 0.1) is 12.2 Å². The lowest BCUT2D eigenvalue weighted by Crippen LogP contribution is -2.02.